The summed E-state index contributed by atoms with van der Waals surface area (Å²) < 4.78 is 0. The van der Waals surface area contributed by atoms with Crippen LogP contribution in [0.25, 0.3) is 0 Å². The van der Waals surface area contributed by atoms with Gasteiger partial charge in [0, 0.05) is 6.08 Å². The minimum atomic E-state index is 0.760. The van der Waals surface area contributed by atoms with Crippen molar-refractivity contribution in [3.8, 4) is 0 Å². The van der Waals surface area contributed by atoms with Crippen molar-refractivity contribution >= 4 is 5.94 Å². The lowest BCUT2D eigenvalue weighted by molar-refractivity contribution is 0.568. The highest BCUT2D eigenvalue weighted by Crippen LogP contribution is 2.13. The maximum Gasteiger partial charge on any atom is 0.120 e. The van der Waals surface area contributed by atoms with Gasteiger partial charge in [-0.05, 0) is 12.8 Å². The minimum absolute atomic E-state index is 0.760. The van der Waals surface area contributed by atoms with Crippen molar-refractivity contribution in [1.29, 1.82) is 0 Å². The molecule has 1 heteroatoms. The Bertz CT molecular complexity index is 193. The molecule has 0 saturated carbocycles. The molecule has 0 N–H and O–H groups in total. The summed E-state index contributed by atoms with van der Waals surface area (Å²) in [6.45, 7) is 0. The maximum absolute atomic E-state index is 9.73. The fourth-order valence-electron chi connectivity index (χ4n) is 0.816. The van der Waals surface area contributed by atoms with Crippen LogP contribution in [0.1, 0.15) is 12.8 Å². The first-order valence-electron chi connectivity index (χ1n) is 2.97. The van der Waals surface area contributed by atoms with Gasteiger partial charge in [0.2, 0.25) is 0 Å². The van der Waals surface area contributed by atoms with Crippen molar-refractivity contribution in [3.63, 3.8) is 0 Å². The van der Waals surface area contributed by atoms with Gasteiger partial charge < -0.3 is 0 Å². The molecular weight excluding hydrogens is 112 g/mol. The molecule has 0 amide bonds. The topological polar surface area (TPSA) is 17.1 Å². The molecule has 1 rings (SSSR count). The van der Waals surface area contributed by atoms with Crippen molar-refractivity contribution in [1.82, 2.24) is 0 Å². The highest BCUT2D eigenvalue weighted by Gasteiger charge is 1.94. The minimum Gasteiger partial charge on any atom is -0.234 e. The predicted molar refractivity (Wildman–Crippen MR) is 36.7 cm³/mol. The fraction of sp³-hybridized carbons (Fsp3) is 0.250. The molecular formula is C8H8O. The molecule has 1 aliphatic carbocycles. The highest BCUT2D eigenvalue weighted by atomic mass is 16.1. The van der Waals surface area contributed by atoms with E-state index in [2.05, 4.69) is 6.08 Å². The third-order valence-electron chi connectivity index (χ3n) is 1.30. The summed E-state index contributed by atoms with van der Waals surface area (Å²) in [6.07, 6.45) is 9.39. The van der Waals surface area contributed by atoms with Crippen LogP contribution in [0.5, 0.6) is 0 Å². The van der Waals surface area contributed by atoms with Gasteiger partial charge in [-0.1, -0.05) is 23.8 Å². The predicted octanol–water partition coefficient (Wildman–Crippen LogP) is 1.65. The van der Waals surface area contributed by atoms with Gasteiger partial charge in [-0.3, -0.25) is 0 Å². The number of carbonyl (C=O) groups excluding carboxylic acids is 1. The molecule has 0 aromatic carbocycles. The normalized spacial score (nSPS) is 14.9. The molecule has 0 aromatic heterocycles. The number of allylic oxidation sites excluding steroid dienone is 5. The first-order valence-corrected chi connectivity index (χ1v) is 2.97. The lowest BCUT2D eigenvalue weighted by Crippen LogP contribution is -1.72. The Morgan fingerprint density at radius 1 is 1.78 bits per heavy atom. The molecule has 0 atom stereocenters. The average molecular weight is 120 g/mol. The van der Waals surface area contributed by atoms with E-state index in [1.54, 1.807) is 5.94 Å². The first kappa shape index (κ1) is 6.06. The van der Waals surface area contributed by atoms with E-state index in [9.17, 15) is 4.79 Å². The van der Waals surface area contributed by atoms with E-state index in [0.717, 1.165) is 12.8 Å². The molecule has 0 spiro atoms. The van der Waals surface area contributed by atoms with Gasteiger partial charge in [-0.25, -0.2) is 4.79 Å². The van der Waals surface area contributed by atoms with Crippen LogP contribution in [-0.2, 0) is 4.79 Å². The van der Waals surface area contributed by atoms with Crippen LogP contribution in [-0.4, -0.2) is 5.94 Å². The van der Waals surface area contributed by atoms with E-state index in [0.29, 0.717) is 0 Å². The summed E-state index contributed by atoms with van der Waals surface area (Å²) in [5.74, 6) is 1.75. The summed E-state index contributed by atoms with van der Waals surface area (Å²) in [4.78, 5) is 9.73. The zero-order valence-corrected chi connectivity index (χ0v) is 5.13. The van der Waals surface area contributed by atoms with Gasteiger partial charge in [-0.15, -0.1) is 0 Å². The number of rotatable bonds is 2. The molecule has 46 valence electrons. The van der Waals surface area contributed by atoms with Gasteiger partial charge in [0.25, 0.3) is 0 Å². The van der Waals surface area contributed by atoms with E-state index >= 15 is 0 Å². The molecule has 1 nitrogen and oxygen atoms in total. The van der Waals surface area contributed by atoms with Crippen LogP contribution in [0.3, 0.4) is 0 Å². The van der Waals surface area contributed by atoms with Crippen molar-refractivity contribution in [2.24, 2.45) is 0 Å². The second-order valence-corrected chi connectivity index (χ2v) is 1.98. The van der Waals surface area contributed by atoms with Gasteiger partial charge in [0.15, 0.2) is 0 Å². The van der Waals surface area contributed by atoms with Crippen LogP contribution in [0, 0.1) is 0 Å². The van der Waals surface area contributed by atoms with E-state index in [1.165, 1.54) is 11.6 Å². The maximum atomic E-state index is 9.73. The third-order valence-corrected chi connectivity index (χ3v) is 1.30. The fourth-order valence-corrected chi connectivity index (χ4v) is 0.816. The van der Waals surface area contributed by atoms with Gasteiger partial charge in [0.05, 0.1) is 0 Å². The van der Waals surface area contributed by atoms with E-state index in [-0.39, 0.29) is 0 Å². The van der Waals surface area contributed by atoms with Gasteiger partial charge in [0.1, 0.15) is 5.94 Å². The molecule has 0 heterocycles. The smallest absolute Gasteiger partial charge is 0.120 e. The second-order valence-electron chi connectivity index (χ2n) is 1.98. The molecule has 0 aliphatic heterocycles. The quantitative estimate of drug-likeness (QED) is 0.506. The Morgan fingerprint density at radius 2 is 2.67 bits per heavy atom. The largest absolute Gasteiger partial charge is 0.234 e. The van der Waals surface area contributed by atoms with Crippen molar-refractivity contribution in [3.05, 3.63) is 29.9 Å². The number of hydrogen-bond donors (Lipinski definition) is 0. The molecule has 0 radical (unpaired) electrons. The summed E-state index contributed by atoms with van der Waals surface area (Å²) >= 11 is 0. The van der Waals surface area contributed by atoms with E-state index in [1.807, 2.05) is 12.2 Å². The number of hydrogen-bond acceptors (Lipinski definition) is 1. The van der Waals surface area contributed by atoms with Crippen LogP contribution < -0.4 is 0 Å². The standard InChI is InChI=1S/C8H8O/c9-7-3-6-8-4-1-2-5-8/h1-4H,5-6H2. The Morgan fingerprint density at radius 3 is 3.22 bits per heavy atom. The van der Waals surface area contributed by atoms with Gasteiger partial charge >= 0.3 is 0 Å². The molecule has 9 heavy (non-hydrogen) atoms. The van der Waals surface area contributed by atoms with E-state index < -0.39 is 0 Å². The van der Waals surface area contributed by atoms with Crippen molar-refractivity contribution in [2.45, 2.75) is 12.8 Å². The Balaban J connectivity index is 2.38. The first-order chi connectivity index (χ1) is 4.43. The molecule has 0 fully saturated rings. The molecule has 0 unspecified atom stereocenters. The van der Waals surface area contributed by atoms with Gasteiger partial charge in [-0.2, -0.15) is 0 Å². The second kappa shape index (κ2) is 3.06. The highest BCUT2D eigenvalue weighted by molar-refractivity contribution is 5.46. The third kappa shape index (κ3) is 1.71. The van der Waals surface area contributed by atoms with Crippen molar-refractivity contribution in [2.75, 3.05) is 0 Å². The van der Waals surface area contributed by atoms with Crippen LogP contribution in [0.15, 0.2) is 29.9 Å². The average Bonchev–Trinajstić information content (AvgIpc) is 2.34. The van der Waals surface area contributed by atoms with Crippen LogP contribution in [0.4, 0.5) is 0 Å². The Labute approximate surface area is 54.4 Å². The summed E-state index contributed by atoms with van der Waals surface area (Å²) in [5, 5.41) is 0. The van der Waals surface area contributed by atoms with Crippen LogP contribution in [0.2, 0.25) is 0 Å². The molecule has 0 bridgehead atoms. The Kier molecular flexibility index (Phi) is 2.06. The summed E-state index contributed by atoms with van der Waals surface area (Å²) in [5.41, 5.74) is 1.29. The lowest BCUT2D eigenvalue weighted by atomic mass is 10.2. The zero-order valence-electron chi connectivity index (χ0n) is 5.13. The molecule has 1 aliphatic rings. The summed E-state index contributed by atoms with van der Waals surface area (Å²) in [7, 11) is 0. The van der Waals surface area contributed by atoms with E-state index in [4.69, 9.17) is 0 Å². The summed E-state index contributed by atoms with van der Waals surface area (Å²) in [6, 6.07) is 0. The lowest BCUT2D eigenvalue weighted by Gasteiger charge is -1.89. The van der Waals surface area contributed by atoms with Crippen molar-refractivity contribution < 1.29 is 4.79 Å². The SMILES string of the molecule is O=C=CCC1=CC=CC1. The monoisotopic (exact) mass is 120 g/mol. The molecule has 0 saturated heterocycles. The Hall–Kier alpha value is -1.07. The zero-order chi connectivity index (χ0) is 6.53. The molecule has 0 aromatic rings. The van der Waals surface area contributed by atoms with Crippen LogP contribution >= 0.6 is 0 Å².